The van der Waals surface area contributed by atoms with Gasteiger partial charge in [0.15, 0.2) is 5.83 Å². The van der Waals surface area contributed by atoms with Crippen LogP contribution in [0.1, 0.15) is 6.92 Å². The lowest BCUT2D eigenvalue weighted by molar-refractivity contribution is 0.507. The summed E-state index contributed by atoms with van der Waals surface area (Å²) in [6.45, 7) is 2.11. The Bertz CT molecular complexity index is 215. The molecule has 1 aliphatic heterocycles. The second kappa shape index (κ2) is 3.54. The van der Waals surface area contributed by atoms with Gasteiger partial charge in [0.1, 0.15) is 6.67 Å². The van der Waals surface area contributed by atoms with Gasteiger partial charge in [-0.05, 0) is 6.92 Å². The topological polar surface area (TPSA) is 15.6 Å². The summed E-state index contributed by atoms with van der Waals surface area (Å²) in [5.41, 5.74) is 0.432. The van der Waals surface area contributed by atoms with Gasteiger partial charge in [0, 0.05) is 11.8 Å². The van der Waals surface area contributed by atoms with Gasteiger partial charge in [-0.1, -0.05) is 15.9 Å². The second-order valence-electron chi connectivity index (χ2n) is 2.16. The lowest BCUT2D eigenvalue weighted by atomic mass is 10.3. The maximum absolute atomic E-state index is 12.9. The molecule has 1 rings (SSSR count). The van der Waals surface area contributed by atoms with E-state index in [1.807, 2.05) is 6.92 Å². The first kappa shape index (κ1) is 9.00. The molecule has 0 radical (unpaired) electrons. The zero-order valence-electron chi connectivity index (χ0n) is 5.89. The Morgan fingerprint density at radius 3 is 2.91 bits per heavy atom. The summed E-state index contributed by atoms with van der Waals surface area (Å²) in [5.74, 6) is -0.379. The van der Waals surface area contributed by atoms with E-state index in [2.05, 4.69) is 20.9 Å². The third-order valence-corrected chi connectivity index (χ3v) is 2.02. The van der Waals surface area contributed by atoms with Gasteiger partial charge in [-0.3, -0.25) is 9.41 Å². The summed E-state index contributed by atoms with van der Waals surface area (Å²) in [6, 6.07) is 0. The van der Waals surface area contributed by atoms with Gasteiger partial charge in [-0.2, -0.15) is 0 Å². The van der Waals surface area contributed by atoms with Crippen LogP contribution >= 0.6 is 27.7 Å². The minimum Gasteiger partial charge on any atom is -0.267 e. The van der Waals surface area contributed by atoms with Gasteiger partial charge < -0.3 is 0 Å². The van der Waals surface area contributed by atoms with Crippen molar-refractivity contribution in [3.63, 3.8) is 0 Å². The number of nitrogens with zero attached hydrogens (tertiary/aromatic N) is 2. The van der Waals surface area contributed by atoms with E-state index >= 15 is 0 Å². The molecule has 0 bridgehead atoms. The smallest absolute Gasteiger partial charge is 0.162 e. The quantitative estimate of drug-likeness (QED) is 0.509. The van der Waals surface area contributed by atoms with Gasteiger partial charge in [0.25, 0.3) is 0 Å². The van der Waals surface area contributed by atoms with Crippen LogP contribution in [0.3, 0.4) is 0 Å². The first-order chi connectivity index (χ1) is 5.13. The standard InChI is InChI=1S/C6H7BrClFN2/c1-4(7)6-5(9)2-10-3-11(6)8/h2,4H,3H2,1H3. The van der Waals surface area contributed by atoms with Crippen molar-refractivity contribution in [1.82, 2.24) is 4.42 Å². The Kier molecular flexibility index (Phi) is 2.90. The largest absolute Gasteiger partial charge is 0.267 e. The van der Waals surface area contributed by atoms with Crippen LogP contribution in [-0.2, 0) is 0 Å². The molecule has 1 atom stereocenters. The van der Waals surface area contributed by atoms with E-state index in [0.717, 1.165) is 0 Å². The average molecular weight is 241 g/mol. The van der Waals surface area contributed by atoms with Crippen molar-refractivity contribution in [1.29, 1.82) is 0 Å². The van der Waals surface area contributed by atoms with Crippen LogP contribution in [0.25, 0.3) is 0 Å². The first-order valence-corrected chi connectivity index (χ1v) is 4.35. The molecular formula is C6H7BrClFN2. The molecule has 1 aliphatic rings. The van der Waals surface area contributed by atoms with Crippen LogP contribution in [0.15, 0.2) is 16.5 Å². The summed E-state index contributed by atoms with van der Waals surface area (Å²) in [5, 5.41) is 0. The van der Waals surface area contributed by atoms with Crippen LogP contribution in [0.4, 0.5) is 4.39 Å². The Morgan fingerprint density at radius 2 is 2.55 bits per heavy atom. The fraction of sp³-hybridized carbons (Fsp3) is 0.500. The van der Waals surface area contributed by atoms with Gasteiger partial charge >= 0.3 is 0 Å². The lowest BCUT2D eigenvalue weighted by Gasteiger charge is -2.22. The molecule has 1 unspecified atom stereocenters. The number of alkyl halides is 1. The highest BCUT2D eigenvalue weighted by Gasteiger charge is 2.19. The van der Waals surface area contributed by atoms with E-state index in [0.29, 0.717) is 12.4 Å². The predicted octanol–water partition coefficient (Wildman–Crippen LogP) is 2.45. The monoisotopic (exact) mass is 240 g/mol. The molecule has 0 amide bonds. The van der Waals surface area contributed by atoms with Crippen molar-refractivity contribution in [3.05, 3.63) is 11.5 Å². The molecule has 1 heterocycles. The highest BCUT2D eigenvalue weighted by Crippen LogP contribution is 2.24. The summed E-state index contributed by atoms with van der Waals surface area (Å²) < 4.78 is 14.2. The summed E-state index contributed by atoms with van der Waals surface area (Å²) in [6.07, 6.45) is 1.19. The molecule has 0 aromatic rings. The SMILES string of the molecule is CC(Br)C1=C(F)C=NCN1Cl. The number of aliphatic imine (C=N–C) groups is 1. The molecular weight excluding hydrogens is 234 g/mol. The minimum absolute atomic E-state index is 0.0910. The molecule has 0 spiro atoms. The molecule has 0 aromatic carbocycles. The van der Waals surface area contributed by atoms with Crippen molar-refractivity contribution in [2.24, 2.45) is 4.99 Å². The molecule has 0 saturated heterocycles. The van der Waals surface area contributed by atoms with Gasteiger partial charge in [0.2, 0.25) is 0 Å². The van der Waals surface area contributed by atoms with E-state index in [1.165, 1.54) is 10.6 Å². The normalized spacial score (nSPS) is 20.9. The highest BCUT2D eigenvalue weighted by molar-refractivity contribution is 9.09. The molecule has 5 heteroatoms. The molecule has 0 N–H and O–H groups in total. The van der Waals surface area contributed by atoms with Crippen LogP contribution in [0, 0.1) is 0 Å². The lowest BCUT2D eigenvalue weighted by Crippen LogP contribution is -2.22. The first-order valence-electron chi connectivity index (χ1n) is 3.10. The average Bonchev–Trinajstić information content (AvgIpc) is 1.85. The fourth-order valence-electron chi connectivity index (χ4n) is 0.834. The van der Waals surface area contributed by atoms with Crippen molar-refractivity contribution in [2.75, 3.05) is 6.67 Å². The van der Waals surface area contributed by atoms with Gasteiger partial charge in [-0.25, -0.2) is 4.39 Å². The zero-order chi connectivity index (χ0) is 8.43. The van der Waals surface area contributed by atoms with Crippen LogP contribution in [0.2, 0.25) is 0 Å². The maximum Gasteiger partial charge on any atom is 0.162 e. The van der Waals surface area contributed by atoms with E-state index in [-0.39, 0.29) is 10.7 Å². The highest BCUT2D eigenvalue weighted by atomic mass is 79.9. The van der Waals surface area contributed by atoms with Crippen molar-refractivity contribution in [3.8, 4) is 0 Å². The third-order valence-electron chi connectivity index (χ3n) is 1.29. The van der Waals surface area contributed by atoms with Crippen molar-refractivity contribution >= 4 is 33.9 Å². The van der Waals surface area contributed by atoms with Crippen molar-refractivity contribution in [2.45, 2.75) is 11.8 Å². The van der Waals surface area contributed by atoms with E-state index in [9.17, 15) is 4.39 Å². The van der Waals surface area contributed by atoms with Crippen molar-refractivity contribution < 1.29 is 4.39 Å². The van der Waals surface area contributed by atoms with Gasteiger partial charge in [-0.15, -0.1) is 0 Å². The zero-order valence-corrected chi connectivity index (χ0v) is 8.23. The van der Waals surface area contributed by atoms with E-state index < -0.39 is 0 Å². The summed E-state index contributed by atoms with van der Waals surface area (Å²) >= 11 is 8.90. The Morgan fingerprint density at radius 1 is 1.91 bits per heavy atom. The molecule has 0 aromatic heterocycles. The molecule has 0 fully saturated rings. The Labute approximate surface area is 78.0 Å². The van der Waals surface area contributed by atoms with Crippen LogP contribution in [-0.4, -0.2) is 22.1 Å². The predicted molar refractivity (Wildman–Crippen MR) is 47.6 cm³/mol. The number of hydrogen-bond acceptors (Lipinski definition) is 2. The number of allylic oxidation sites excluding steroid dienone is 2. The van der Waals surface area contributed by atoms with Crippen LogP contribution < -0.4 is 0 Å². The van der Waals surface area contributed by atoms with Gasteiger partial charge in [0.05, 0.1) is 16.7 Å². The Hall–Kier alpha value is -0.0900. The summed E-state index contributed by atoms with van der Waals surface area (Å²) in [7, 11) is 0. The fourth-order valence-corrected chi connectivity index (χ4v) is 1.71. The maximum atomic E-state index is 12.9. The number of rotatable bonds is 1. The minimum atomic E-state index is -0.379. The molecule has 11 heavy (non-hydrogen) atoms. The third kappa shape index (κ3) is 1.93. The second-order valence-corrected chi connectivity index (χ2v) is 3.95. The van der Waals surface area contributed by atoms with E-state index in [1.54, 1.807) is 0 Å². The molecule has 0 aliphatic carbocycles. The number of hydrogen-bond donors (Lipinski definition) is 0. The number of halogens is 3. The Balaban J connectivity index is 2.91. The van der Waals surface area contributed by atoms with Crippen LogP contribution in [0.5, 0.6) is 0 Å². The molecule has 0 saturated carbocycles. The molecule has 62 valence electrons. The summed E-state index contributed by atoms with van der Waals surface area (Å²) in [4.78, 5) is 3.60. The van der Waals surface area contributed by atoms with E-state index in [4.69, 9.17) is 11.8 Å². The molecule has 2 nitrogen and oxygen atoms in total.